The second kappa shape index (κ2) is 5.40. The highest BCUT2D eigenvalue weighted by Gasteiger charge is 2.13. The van der Waals surface area contributed by atoms with E-state index in [0.717, 1.165) is 0 Å². The number of carboxylic acids is 1. The first kappa shape index (κ1) is 13.5. The predicted molar refractivity (Wildman–Crippen MR) is 71.3 cm³/mol. The summed E-state index contributed by atoms with van der Waals surface area (Å²) in [4.78, 5) is 21.3. The van der Waals surface area contributed by atoms with Gasteiger partial charge in [-0.2, -0.15) is 0 Å². The van der Waals surface area contributed by atoms with Crippen LogP contribution in [0.2, 0.25) is 0 Å². The van der Waals surface area contributed by atoms with Crippen molar-refractivity contribution in [3.63, 3.8) is 0 Å². The SMILES string of the molecule is Cc1cc(Oc2ccccc2C(=O)O)cc([N+](=O)[O-])c1. The van der Waals surface area contributed by atoms with Crippen molar-refractivity contribution in [1.29, 1.82) is 0 Å². The molecule has 0 bridgehead atoms. The molecule has 20 heavy (non-hydrogen) atoms. The Balaban J connectivity index is 2.40. The Bertz CT molecular complexity index is 681. The third kappa shape index (κ3) is 2.92. The Morgan fingerprint density at radius 3 is 2.60 bits per heavy atom. The average Bonchev–Trinajstić information content (AvgIpc) is 2.38. The normalized spacial score (nSPS) is 10.1. The number of hydrogen-bond donors (Lipinski definition) is 1. The monoisotopic (exact) mass is 273 g/mol. The number of aromatic carboxylic acids is 1. The molecule has 0 saturated carbocycles. The first-order valence-corrected chi connectivity index (χ1v) is 5.73. The highest BCUT2D eigenvalue weighted by molar-refractivity contribution is 5.90. The van der Waals surface area contributed by atoms with Gasteiger partial charge in [0.15, 0.2) is 0 Å². The van der Waals surface area contributed by atoms with E-state index in [4.69, 9.17) is 9.84 Å². The molecule has 1 N–H and O–H groups in total. The minimum Gasteiger partial charge on any atom is -0.478 e. The third-order valence-corrected chi connectivity index (χ3v) is 2.59. The number of hydrogen-bond acceptors (Lipinski definition) is 4. The van der Waals surface area contributed by atoms with Gasteiger partial charge in [0, 0.05) is 6.07 Å². The fourth-order valence-electron chi connectivity index (χ4n) is 1.75. The van der Waals surface area contributed by atoms with Gasteiger partial charge in [0.05, 0.1) is 11.0 Å². The molecule has 0 saturated heterocycles. The molecule has 0 fully saturated rings. The van der Waals surface area contributed by atoms with E-state index in [2.05, 4.69) is 0 Å². The van der Waals surface area contributed by atoms with Gasteiger partial charge in [0.1, 0.15) is 17.1 Å². The summed E-state index contributed by atoms with van der Waals surface area (Å²) in [7, 11) is 0. The van der Waals surface area contributed by atoms with Crippen LogP contribution in [-0.2, 0) is 0 Å². The maximum Gasteiger partial charge on any atom is 0.339 e. The largest absolute Gasteiger partial charge is 0.478 e. The minimum absolute atomic E-state index is 0.00309. The van der Waals surface area contributed by atoms with Crippen LogP contribution in [0.3, 0.4) is 0 Å². The fourth-order valence-corrected chi connectivity index (χ4v) is 1.75. The molecule has 0 aliphatic carbocycles. The van der Waals surface area contributed by atoms with Crippen molar-refractivity contribution in [2.45, 2.75) is 6.92 Å². The number of non-ortho nitro benzene ring substituents is 1. The van der Waals surface area contributed by atoms with Gasteiger partial charge in [-0.15, -0.1) is 0 Å². The number of nitro groups is 1. The summed E-state index contributed by atoms with van der Waals surface area (Å²) in [5, 5.41) is 19.8. The Hall–Kier alpha value is -2.89. The van der Waals surface area contributed by atoms with E-state index in [1.807, 2.05) is 0 Å². The number of nitro benzene ring substituents is 1. The number of rotatable bonds is 4. The second-order valence-corrected chi connectivity index (χ2v) is 4.16. The maximum absolute atomic E-state index is 11.1. The molecule has 0 aliphatic heterocycles. The Labute approximate surface area is 114 Å². The quantitative estimate of drug-likeness (QED) is 0.681. The number of carbonyl (C=O) groups is 1. The molecule has 0 radical (unpaired) electrons. The highest BCUT2D eigenvalue weighted by Crippen LogP contribution is 2.29. The first-order valence-electron chi connectivity index (χ1n) is 5.73. The topological polar surface area (TPSA) is 89.7 Å². The number of benzene rings is 2. The summed E-state index contributed by atoms with van der Waals surface area (Å²) in [6.07, 6.45) is 0. The fraction of sp³-hybridized carbons (Fsp3) is 0.0714. The lowest BCUT2D eigenvalue weighted by Crippen LogP contribution is -2.00. The van der Waals surface area contributed by atoms with E-state index >= 15 is 0 Å². The molecule has 0 aromatic heterocycles. The van der Waals surface area contributed by atoms with Crippen molar-refractivity contribution in [3.8, 4) is 11.5 Å². The molecule has 2 aromatic carbocycles. The van der Waals surface area contributed by atoms with E-state index in [1.54, 1.807) is 25.1 Å². The van der Waals surface area contributed by atoms with Crippen LogP contribution in [-0.4, -0.2) is 16.0 Å². The minimum atomic E-state index is -1.12. The number of aryl methyl sites for hydroxylation is 1. The van der Waals surface area contributed by atoms with Crippen LogP contribution < -0.4 is 4.74 Å². The van der Waals surface area contributed by atoms with E-state index in [1.165, 1.54) is 24.3 Å². The molecule has 2 rings (SSSR count). The molecule has 0 heterocycles. The average molecular weight is 273 g/mol. The molecule has 0 amide bonds. The van der Waals surface area contributed by atoms with Crippen LogP contribution in [0.1, 0.15) is 15.9 Å². The summed E-state index contributed by atoms with van der Waals surface area (Å²) in [6, 6.07) is 10.4. The maximum atomic E-state index is 11.1. The van der Waals surface area contributed by atoms with Crippen LogP contribution >= 0.6 is 0 Å². The van der Waals surface area contributed by atoms with Crippen LogP contribution in [0.25, 0.3) is 0 Å². The zero-order chi connectivity index (χ0) is 14.7. The van der Waals surface area contributed by atoms with Crippen LogP contribution in [0.15, 0.2) is 42.5 Å². The molecule has 0 unspecified atom stereocenters. The molecule has 0 aliphatic rings. The number of ether oxygens (including phenoxy) is 1. The van der Waals surface area contributed by atoms with Crippen molar-refractivity contribution >= 4 is 11.7 Å². The van der Waals surface area contributed by atoms with Crippen molar-refractivity contribution in [1.82, 2.24) is 0 Å². The first-order chi connectivity index (χ1) is 9.47. The highest BCUT2D eigenvalue weighted by atomic mass is 16.6. The van der Waals surface area contributed by atoms with Gasteiger partial charge in [-0.3, -0.25) is 10.1 Å². The summed E-state index contributed by atoms with van der Waals surface area (Å²) in [5.74, 6) is -0.756. The molecular formula is C14H11NO5. The zero-order valence-electron chi connectivity index (χ0n) is 10.6. The zero-order valence-corrected chi connectivity index (χ0v) is 10.6. The molecule has 6 heteroatoms. The molecule has 0 atom stereocenters. The van der Waals surface area contributed by atoms with Gasteiger partial charge in [-0.25, -0.2) is 4.79 Å². The van der Waals surface area contributed by atoms with E-state index < -0.39 is 10.9 Å². The van der Waals surface area contributed by atoms with Crippen molar-refractivity contribution in [2.24, 2.45) is 0 Å². The van der Waals surface area contributed by atoms with Gasteiger partial charge in [-0.1, -0.05) is 12.1 Å². The molecular weight excluding hydrogens is 262 g/mol. The van der Waals surface area contributed by atoms with E-state index in [0.29, 0.717) is 5.56 Å². The van der Waals surface area contributed by atoms with Gasteiger partial charge in [0.2, 0.25) is 0 Å². The van der Waals surface area contributed by atoms with Crippen LogP contribution in [0.5, 0.6) is 11.5 Å². The van der Waals surface area contributed by atoms with Crippen molar-refractivity contribution < 1.29 is 19.6 Å². The van der Waals surface area contributed by atoms with Crippen LogP contribution in [0.4, 0.5) is 5.69 Å². The molecule has 2 aromatic rings. The summed E-state index contributed by atoms with van der Waals surface area (Å²) in [5.41, 5.74) is 0.548. The van der Waals surface area contributed by atoms with Gasteiger partial charge >= 0.3 is 5.97 Å². The van der Waals surface area contributed by atoms with Gasteiger partial charge in [0.25, 0.3) is 5.69 Å². The summed E-state index contributed by atoms with van der Waals surface area (Å²) in [6.45, 7) is 1.70. The molecule has 0 spiro atoms. The summed E-state index contributed by atoms with van der Waals surface area (Å²) < 4.78 is 5.46. The number of nitrogens with zero attached hydrogens (tertiary/aromatic N) is 1. The Morgan fingerprint density at radius 2 is 1.95 bits per heavy atom. The van der Waals surface area contributed by atoms with E-state index in [9.17, 15) is 14.9 Å². The standard InChI is InChI=1S/C14H11NO5/c1-9-6-10(15(18)19)8-11(7-9)20-13-5-3-2-4-12(13)14(16)17/h2-8H,1H3,(H,16,17). The predicted octanol–water partition coefficient (Wildman–Crippen LogP) is 3.39. The number of para-hydroxylation sites is 1. The van der Waals surface area contributed by atoms with Crippen molar-refractivity contribution in [2.75, 3.05) is 0 Å². The Kier molecular flexibility index (Phi) is 3.65. The van der Waals surface area contributed by atoms with Gasteiger partial charge in [-0.05, 0) is 30.7 Å². The smallest absolute Gasteiger partial charge is 0.339 e. The number of carboxylic acid groups (broad SMARTS) is 1. The molecule has 102 valence electrons. The third-order valence-electron chi connectivity index (χ3n) is 2.59. The lowest BCUT2D eigenvalue weighted by Gasteiger charge is -2.09. The van der Waals surface area contributed by atoms with Crippen LogP contribution in [0, 0.1) is 17.0 Å². The molecule has 6 nitrogen and oxygen atoms in total. The van der Waals surface area contributed by atoms with Gasteiger partial charge < -0.3 is 9.84 Å². The lowest BCUT2D eigenvalue weighted by molar-refractivity contribution is -0.385. The lowest BCUT2D eigenvalue weighted by atomic mass is 10.2. The van der Waals surface area contributed by atoms with E-state index in [-0.39, 0.29) is 22.7 Å². The van der Waals surface area contributed by atoms with Crippen molar-refractivity contribution in [3.05, 3.63) is 63.7 Å². The summed E-state index contributed by atoms with van der Waals surface area (Å²) >= 11 is 0. The second-order valence-electron chi connectivity index (χ2n) is 4.16. The Morgan fingerprint density at radius 1 is 1.25 bits per heavy atom.